The molecule has 1 amide bonds. The van der Waals surface area contributed by atoms with E-state index in [0.717, 1.165) is 15.8 Å². The second kappa shape index (κ2) is 7.07. The zero-order valence-corrected chi connectivity index (χ0v) is 14.7. The van der Waals surface area contributed by atoms with Gasteiger partial charge in [0.05, 0.1) is 24.4 Å². The Kier molecular flexibility index (Phi) is 4.87. The van der Waals surface area contributed by atoms with Gasteiger partial charge in [0, 0.05) is 11.6 Å². The highest BCUT2D eigenvalue weighted by molar-refractivity contribution is 7.20. The molecule has 1 N–H and O–H groups in total. The lowest BCUT2D eigenvalue weighted by Crippen LogP contribution is -2.22. The summed E-state index contributed by atoms with van der Waals surface area (Å²) in [6, 6.07) is 10.9. The van der Waals surface area contributed by atoms with Crippen LogP contribution in [-0.2, 0) is 6.54 Å². The average molecular weight is 363 g/mol. The first-order valence-electron chi connectivity index (χ1n) is 7.16. The summed E-state index contributed by atoms with van der Waals surface area (Å²) in [6.45, 7) is 0.371. The maximum atomic E-state index is 12.3. The van der Waals surface area contributed by atoms with Crippen molar-refractivity contribution in [2.24, 2.45) is 0 Å². The van der Waals surface area contributed by atoms with Crippen molar-refractivity contribution in [3.05, 3.63) is 52.0 Å². The van der Waals surface area contributed by atoms with Gasteiger partial charge in [-0.3, -0.25) is 4.79 Å². The van der Waals surface area contributed by atoms with Crippen molar-refractivity contribution in [2.75, 3.05) is 14.2 Å². The molecule has 0 aliphatic carbocycles. The largest absolute Gasteiger partial charge is 0.493 e. The maximum absolute atomic E-state index is 12.3. The predicted molar refractivity (Wildman–Crippen MR) is 95.3 cm³/mol. The molecular formula is C17H15ClN2O3S. The van der Waals surface area contributed by atoms with E-state index in [-0.39, 0.29) is 5.91 Å². The first-order chi connectivity index (χ1) is 11.6. The molecule has 1 heterocycles. The van der Waals surface area contributed by atoms with Gasteiger partial charge >= 0.3 is 0 Å². The monoisotopic (exact) mass is 362 g/mol. The second-order valence-electron chi connectivity index (χ2n) is 5.00. The molecule has 5 nitrogen and oxygen atoms in total. The molecule has 0 atom stereocenters. The van der Waals surface area contributed by atoms with Gasteiger partial charge in [0.2, 0.25) is 0 Å². The van der Waals surface area contributed by atoms with Gasteiger partial charge in [-0.05, 0) is 35.9 Å². The lowest BCUT2D eigenvalue weighted by molar-refractivity contribution is 0.0950. The number of nitrogens with one attached hydrogen (secondary N) is 1. The molecule has 0 aliphatic heterocycles. The number of rotatable bonds is 5. The van der Waals surface area contributed by atoms with Gasteiger partial charge in [0.1, 0.15) is 0 Å². The zero-order valence-electron chi connectivity index (χ0n) is 13.1. The number of hydrogen-bond acceptors (Lipinski definition) is 5. The standard InChI is InChI=1S/C17H15ClN2O3S/c1-22-13-5-3-10(7-14(13)23-2)9-19-16(21)17-20-12-8-11(18)4-6-15(12)24-17/h3-8H,9H2,1-2H3,(H,19,21). The molecule has 0 unspecified atom stereocenters. The minimum absolute atomic E-state index is 0.220. The molecule has 7 heteroatoms. The van der Waals surface area contributed by atoms with Gasteiger partial charge in [-0.15, -0.1) is 11.3 Å². The second-order valence-corrected chi connectivity index (χ2v) is 6.47. The van der Waals surface area contributed by atoms with Crippen LogP contribution < -0.4 is 14.8 Å². The van der Waals surface area contributed by atoms with Crippen molar-refractivity contribution >= 4 is 39.1 Å². The van der Waals surface area contributed by atoms with Crippen molar-refractivity contribution in [1.82, 2.24) is 10.3 Å². The SMILES string of the molecule is COc1ccc(CNC(=O)c2nc3cc(Cl)ccc3s2)cc1OC. The lowest BCUT2D eigenvalue weighted by Gasteiger charge is -2.09. The topological polar surface area (TPSA) is 60.5 Å². The summed E-state index contributed by atoms with van der Waals surface area (Å²) in [5.74, 6) is 1.05. The van der Waals surface area contributed by atoms with Crippen LogP contribution in [0.2, 0.25) is 5.02 Å². The van der Waals surface area contributed by atoms with Crippen molar-refractivity contribution in [2.45, 2.75) is 6.54 Å². The van der Waals surface area contributed by atoms with E-state index in [1.54, 1.807) is 32.4 Å². The van der Waals surface area contributed by atoms with E-state index in [9.17, 15) is 4.79 Å². The average Bonchev–Trinajstić information content (AvgIpc) is 3.02. The van der Waals surface area contributed by atoms with E-state index in [0.29, 0.717) is 28.1 Å². The van der Waals surface area contributed by atoms with Crippen LogP contribution in [0.3, 0.4) is 0 Å². The Balaban J connectivity index is 1.72. The van der Waals surface area contributed by atoms with Crippen LogP contribution in [-0.4, -0.2) is 25.1 Å². The highest BCUT2D eigenvalue weighted by Gasteiger charge is 2.13. The van der Waals surface area contributed by atoms with Crippen LogP contribution in [0.1, 0.15) is 15.4 Å². The Bertz CT molecular complexity index is 895. The normalized spacial score (nSPS) is 10.6. The molecule has 0 spiro atoms. The summed E-state index contributed by atoms with van der Waals surface area (Å²) in [7, 11) is 3.16. The molecule has 0 saturated carbocycles. The zero-order chi connectivity index (χ0) is 17.1. The molecule has 3 rings (SSSR count). The van der Waals surface area contributed by atoms with Crippen LogP contribution in [0.15, 0.2) is 36.4 Å². The summed E-state index contributed by atoms with van der Waals surface area (Å²) in [5.41, 5.74) is 1.63. The third-order valence-corrected chi connectivity index (χ3v) is 4.72. The van der Waals surface area contributed by atoms with E-state index < -0.39 is 0 Å². The highest BCUT2D eigenvalue weighted by Crippen LogP contribution is 2.28. The van der Waals surface area contributed by atoms with Crippen LogP contribution in [0.5, 0.6) is 11.5 Å². The number of carbonyl (C=O) groups excluding carboxylic acids is 1. The maximum Gasteiger partial charge on any atom is 0.280 e. The van der Waals surface area contributed by atoms with E-state index in [1.807, 2.05) is 18.2 Å². The molecule has 2 aromatic carbocycles. The van der Waals surface area contributed by atoms with Crippen LogP contribution in [0, 0.1) is 0 Å². The first kappa shape index (κ1) is 16.5. The number of carbonyl (C=O) groups is 1. The highest BCUT2D eigenvalue weighted by atomic mass is 35.5. The van der Waals surface area contributed by atoms with Gasteiger partial charge in [-0.25, -0.2) is 4.98 Å². The Morgan fingerprint density at radius 3 is 2.71 bits per heavy atom. The number of halogens is 1. The smallest absolute Gasteiger partial charge is 0.280 e. The van der Waals surface area contributed by atoms with Gasteiger partial charge in [0.25, 0.3) is 5.91 Å². The van der Waals surface area contributed by atoms with Gasteiger partial charge in [-0.1, -0.05) is 17.7 Å². The van der Waals surface area contributed by atoms with Crippen molar-refractivity contribution < 1.29 is 14.3 Å². The third kappa shape index (κ3) is 3.44. The fourth-order valence-electron chi connectivity index (χ4n) is 2.25. The fourth-order valence-corrected chi connectivity index (χ4v) is 3.27. The number of amides is 1. The van der Waals surface area contributed by atoms with Gasteiger partial charge < -0.3 is 14.8 Å². The Morgan fingerprint density at radius 1 is 1.17 bits per heavy atom. The Hall–Kier alpha value is -2.31. The molecule has 3 aromatic rings. The van der Waals surface area contributed by atoms with Crippen LogP contribution in [0.4, 0.5) is 0 Å². The van der Waals surface area contributed by atoms with Crippen molar-refractivity contribution in [3.63, 3.8) is 0 Å². The summed E-state index contributed by atoms with van der Waals surface area (Å²) in [6.07, 6.45) is 0. The Labute approximate surface area is 148 Å². The molecule has 124 valence electrons. The predicted octanol–water partition coefficient (Wildman–Crippen LogP) is 3.90. The fraction of sp³-hybridized carbons (Fsp3) is 0.176. The molecule has 1 aromatic heterocycles. The number of methoxy groups -OCH3 is 2. The Morgan fingerprint density at radius 2 is 1.96 bits per heavy atom. The lowest BCUT2D eigenvalue weighted by atomic mass is 10.2. The molecule has 0 fully saturated rings. The number of benzene rings is 2. The summed E-state index contributed by atoms with van der Waals surface area (Å²) in [4.78, 5) is 16.6. The molecule has 24 heavy (non-hydrogen) atoms. The summed E-state index contributed by atoms with van der Waals surface area (Å²) < 4.78 is 11.4. The first-order valence-corrected chi connectivity index (χ1v) is 8.35. The molecule has 0 saturated heterocycles. The van der Waals surface area contributed by atoms with Gasteiger partial charge in [-0.2, -0.15) is 0 Å². The molecule has 0 aliphatic rings. The van der Waals surface area contributed by atoms with Crippen LogP contribution in [0.25, 0.3) is 10.2 Å². The number of thiazole rings is 1. The molecular weight excluding hydrogens is 348 g/mol. The molecule has 0 bridgehead atoms. The minimum atomic E-state index is -0.220. The molecule has 0 radical (unpaired) electrons. The summed E-state index contributed by atoms with van der Waals surface area (Å²) in [5, 5.41) is 3.87. The quantitative estimate of drug-likeness (QED) is 0.747. The van der Waals surface area contributed by atoms with E-state index >= 15 is 0 Å². The number of aromatic nitrogens is 1. The van der Waals surface area contributed by atoms with Crippen molar-refractivity contribution in [3.8, 4) is 11.5 Å². The number of fused-ring (bicyclic) bond motifs is 1. The van der Waals surface area contributed by atoms with Gasteiger partial charge in [0.15, 0.2) is 16.5 Å². The summed E-state index contributed by atoms with van der Waals surface area (Å²) >= 11 is 7.28. The van der Waals surface area contributed by atoms with E-state index in [4.69, 9.17) is 21.1 Å². The third-order valence-electron chi connectivity index (χ3n) is 3.44. The number of hydrogen-bond donors (Lipinski definition) is 1. The minimum Gasteiger partial charge on any atom is -0.493 e. The number of nitrogens with zero attached hydrogens (tertiary/aromatic N) is 1. The van der Waals surface area contributed by atoms with E-state index in [1.165, 1.54) is 11.3 Å². The number of ether oxygens (including phenoxy) is 2. The van der Waals surface area contributed by atoms with Crippen molar-refractivity contribution in [1.29, 1.82) is 0 Å². The van der Waals surface area contributed by atoms with E-state index in [2.05, 4.69) is 10.3 Å². The van der Waals surface area contributed by atoms with Crippen LogP contribution >= 0.6 is 22.9 Å².